The molecule has 2 aromatic rings. The fraction of sp³-hybridized carbons (Fsp3) is 0.316. The molecule has 128 valence electrons. The SMILES string of the molecule is COc1cc(/C=C/C(=O)NCc2cccs2)ccc1OCC(C)C. The Hall–Kier alpha value is -2.27. The zero-order valence-electron chi connectivity index (χ0n) is 14.2. The highest BCUT2D eigenvalue weighted by Crippen LogP contribution is 2.28. The van der Waals surface area contributed by atoms with Gasteiger partial charge in [-0.05, 0) is 41.1 Å². The lowest BCUT2D eigenvalue weighted by atomic mass is 10.2. The van der Waals surface area contributed by atoms with Gasteiger partial charge >= 0.3 is 0 Å². The van der Waals surface area contributed by atoms with Crippen LogP contribution in [-0.2, 0) is 11.3 Å². The molecule has 1 N–H and O–H groups in total. The zero-order chi connectivity index (χ0) is 17.4. The summed E-state index contributed by atoms with van der Waals surface area (Å²) in [4.78, 5) is 13.0. The second-order valence-electron chi connectivity index (χ2n) is 5.75. The summed E-state index contributed by atoms with van der Waals surface area (Å²) in [5.41, 5.74) is 0.884. The monoisotopic (exact) mass is 345 g/mol. The average Bonchev–Trinajstić information content (AvgIpc) is 3.10. The van der Waals surface area contributed by atoms with Gasteiger partial charge in [0.15, 0.2) is 11.5 Å². The van der Waals surface area contributed by atoms with Crippen LogP contribution >= 0.6 is 11.3 Å². The molecule has 0 aliphatic rings. The molecule has 4 nitrogen and oxygen atoms in total. The molecular weight excluding hydrogens is 322 g/mol. The van der Waals surface area contributed by atoms with Crippen LogP contribution in [-0.4, -0.2) is 19.6 Å². The maximum Gasteiger partial charge on any atom is 0.244 e. The van der Waals surface area contributed by atoms with Crippen LogP contribution in [0.1, 0.15) is 24.3 Å². The van der Waals surface area contributed by atoms with Gasteiger partial charge in [-0.15, -0.1) is 11.3 Å². The number of hydrogen-bond donors (Lipinski definition) is 1. The van der Waals surface area contributed by atoms with Gasteiger partial charge < -0.3 is 14.8 Å². The van der Waals surface area contributed by atoms with Crippen LogP contribution in [0, 0.1) is 5.92 Å². The number of rotatable bonds is 8. The standard InChI is InChI=1S/C19H23NO3S/c1-14(2)13-23-17-8-6-15(11-18(17)22-3)7-9-19(21)20-12-16-5-4-10-24-16/h4-11,14H,12-13H2,1-3H3,(H,20,21)/b9-7+. The van der Waals surface area contributed by atoms with Crippen molar-refractivity contribution in [2.24, 2.45) is 5.92 Å². The van der Waals surface area contributed by atoms with Crippen LogP contribution < -0.4 is 14.8 Å². The van der Waals surface area contributed by atoms with Crippen molar-refractivity contribution in [1.82, 2.24) is 5.32 Å². The highest BCUT2D eigenvalue weighted by atomic mass is 32.1. The predicted molar refractivity (Wildman–Crippen MR) is 98.5 cm³/mol. The molecule has 0 fully saturated rings. The van der Waals surface area contributed by atoms with Gasteiger partial charge in [-0.1, -0.05) is 26.0 Å². The van der Waals surface area contributed by atoms with Crippen LogP contribution in [0.15, 0.2) is 41.8 Å². The molecule has 24 heavy (non-hydrogen) atoms. The number of ether oxygens (including phenoxy) is 2. The first-order chi connectivity index (χ1) is 11.6. The molecule has 0 radical (unpaired) electrons. The summed E-state index contributed by atoms with van der Waals surface area (Å²) in [6, 6.07) is 9.59. The van der Waals surface area contributed by atoms with E-state index in [9.17, 15) is 4.79 Å². The summed E-state index contributed by atoms with van der Waals surface area (Å²) in [7, 11) is 1.61. The second-order valence-corrected chi connectivity index (χ2v) is 6.78. The molecule has 1 amide bonds. The lowest BCUT2D eigenvalue weighted by Crippen LogP contribution is -2.19. The maximum atomic E-state index is 11.9. The summed E-state index contributed by atoms with van der Waals surface area (Å²) in [5.74, 6) is 1.70. The lowest BCUT2D eigenvalue weighted by Gasteiger charge is -2.12. The minimum Gasteiger partial charge on any atom is -0.493 e. The van der Waals surface area contributed by atoms with E-state index in [0.29, 0.717) is 30.6 Å². The minimum atomic E-state index is -0.123. The number of carbonyl (C=O) groups is 1. The molecule has 5 heteroatoms. The van der Waals surface area contributed by atoms with Crippen molar-refractivity contribution in [3.8, 4) is 11.5 Å². The van der Waals surface area contributed by atoms with E-state index in [-0.39, 0.29) is 5.91 Å². The smallest absolute Gasteiger partial charge is 0.244 e. The van der Waals surface area contributed by atoms with Crippen molar-refractivity contribution in [3.05, 3.63) is 52.2 Å². The topological polar surface area (TPSA) is 47.6 Å². The third kappa shape index (κ3) is 5.74. The summed E-state index contributed by atoms with van der Waals surface area (Å²) >= 11 is 1.62. The summed E-state index contributed by atoms with van der Waals surface area (Å²) in [6.07, 6.45) is 3.29. The van der Waals surface area contributed by atoms with Gasteiger partial charge in [-0.2, -0.15) is 0 Å². The van der Waals surface area contributed by atoms with Crippen molar-refractivity contribution in [2.75, 3.05) is 13.7 Å². The van der Waals surface area contributed by atoms with E-state index >= 15 is 0 Å². The molecule has 0 atom stereocenters. The first-order valence-corrected chi connectivity index (χ1v) is 8.75. The van der Waals surface area contributed by atoms with Crippen LogP contribution in [0.25, 0.3) is 6.08 Å². The summed E-state index contributed by atoms with van der Waals surface area (Å²) in [6.45, 7) is 5.37. The van der Waals surface area contributed by atoms with Crippen molar-refractivity contribution in [3.63, 3.8) is 0 Å². The van der Waals surface area contributed by atoms with E-state index in [4.69, 9.17) is 9.47 Å². The third-order valence-electron chi connectivity index (χ3n) is 3.20. The van der Waals surface area contributed by atoms with E-state index in [1.54, 1.807) is 24.5 Å². The first kappa shape index (κ1) is 18.1. The first-order valence-electron chi connectivity index (χ1n) is 7.87. The molecule has 1 aromatic carbocycles. The normalized spacial score (nSPS) is 11.0. The van der Waals surface area contributed by atoms with Crippen LogP contribution in [0.3, 0.4) is 0 Å². The number of thiophene rings is 1. The summed E-state index contributed by atoms with van der Waals surface area (Å²) < 4.78 is 11.1. The van der Waals surface area contributed by atoms with Gasteiger partial charge in [0.2, 0.25) is 5.91 Å². The molecule has 0 aliphatic heterocycles. The Morgan fingerprint density at radius 1 is 1.29 bits per heavy atom. The predicted octanol–water partition coefficient (Wildman–Crippen LogP) is 4.12. The fourth-order valence-electron chi connectivity index (χ4n) is 1.98. The highest BCUT2D eigenvalue weighted by molar-refractivity contribution is 7.09. The van der Waals surface area contributed by atoms with E-state index in [1.165, 1.54) is 6.08 Å². The van der Waals surface area contributed by atoms with E-state index < -0.39 is 0 Å². The number of benzene rings is 1. The molecule has 0 bridgehead atoms. The van der Waals surface area contributed by atoms with Crippen molar-refractivity contribution in [2.45, 2.75) is 20.4 Å². The molecule has 0 saturated carbocycles. The Labute approximate surface area is 147 Å². The number of amides is 1. The van der Waals surface area contributed by atoms with E-state index in [1.807, 2.05) is 35.7 Å². The Morgan fingerprint density at radius 2 is 2.12 bits per heavy atom. The van der Waals surface area contributed by atoms with Crippen LogP contribution in [0.4, 0.5) is 0 Å². The molecule has 1 aromatic heterocycles. The Bertz CT molecular complexity index is 678. The molecule has 1 heterocycles. The largest absolute Gasteiger partial charge is 0.493 e. The molecule has 0 saturated heterocycles. The van der Waals surface area contributed by atoms with Crippen molar-refractivity contribution >= 4 is 23.3 Å². The average molecular weight is 345 g/mol. The van der Waals surface area contributed by atoms with Gasteiger partial charge in [0, 0.05) is 11.0 Å². The van der Waals surface area contributed by atoms with Crippen LogP contribution in [0.5, 0.6) is 11.5 Å². The van der Waals surface area contributed by atoms with Crippen molar-refractivity contribution in [1.29, 1.82) is 0 Å². The second kappa shape index (κ2) is 9.13. The molecule has 0 aliphatic carbocycles. The minimum absolute atomic E-state index is 0.123. The van der Waals surface area contributed by atoms with Crippen LogP contribution in [0.2, 0.25) is 0 Å². The van der Waals surface area contributed by atoms with E-state index in [2.05, 4.69) is 19.2 Å². The Kier molecular flexibility index (Phi) is 6.88. The molecule has 0 unspecified atom stereocenters. The number of methoxy groups -OCH3 is 1. The molecule has 2 rings (SSSR count). The highest BCUT2D eigenvalue weighted by Gasteiger charge is 2.06. The number of carbonyl (C=O) groups excluding carboxylic acids is 1. The van der Waals surface area contributed by atoms with Gasteiger partial charge in [0.25, 0.3) is 0 Å². The van der Waals surface area contributed by atoms with Crippen molar-refractivity contribution < 1.29 is 14.3 Å². The third-order valence-corrected chi connectivity index (χ3v) is 4.08. The Balaban J connectivity index is 1.94. The summed E-state index contributed by atoms with van der Waals surface area (Å²) in [5, 5.41) is 4.85. The molecular formula is C19H23NO3S. The van der Waals surface area contributed by atoms with Gasteiger partial charge in [0.1, 0.15) is 0 Å². The lowest BCUT2D eigenvalue weighted by molar-refractivity contribution is -0.116. The maximum absolute atomic E-state index is 11.9. The van der Waals surface area contributed by atoms with Gasteiger partial charge in [0.05, 0.1) is 20.3 Å². The van der Waals surface area contributed by atoms with Gasteiger partial charge in [-0.3, -0.25) is 4.79 Å². The zero-order valence-corrected chi connectivity index (χ0v) is 15.1. The van der Waals surface area contributed by atoms with Gasteiger partial charge in [-0.25, -0.2) is 0 Å². The number of hydrogen-bond acceptors (Lipinski definition) is 4. The van der Waals surface area contributed by atoms with E-state index in [0.717, 1.165) is 10.4 Å². The fourth-order valence-corrected chi connectivity index (χ4v) is 2.63. The quantitative estimate of drug-likeness (QED) is 0.732. The number of nitrogens with one attached hydrogen (secondary N) is 1. The molecule has 0 spiro atoms. The Morgan fingerprint density at radius 3 is 2.79 bits per heavy atom.